The van der Waals surface area contributed by atoms with Crippen molar-refractivity contribution in [2.24, 2.45) is 0 Å². The number of para-hydroxylation sites is 1. The highest BCUT2D eigenvalue weighted by atomic mass is 32.2. The highest BCUT2D eigenvalue weighted by molar-refractivity contribution is 7.92. The van der Waals surface area contributed by atoms with Crippen LogP contribution in [-0.4, -0.2) is 47.3 Å². The van der Waals surface area contributed by atoms with Gasteiger partial charge in [0.1, 0.15) is 6.54 Å². The molecule has 0 aliphatic carbocycles. The smallest absolute Gasteiger partial charge is 0.240 e. The summed E-state index contributed by atoms with van der Waals surface area (Å²) in [6.45, 7) is 6.49. The Labute approximate surface area is 168 Å². The number of anilines is 2. The van der Waals surface area contributed by atoms with Crippen LogP contribution in [0, 0.1) is 20.8 Å². The molecule has 0 aliphatic heterocycles. The topological polar surface area (TPSA) is 69.7 Å². The number of benzene rings is 2. The number of likely N-dealkylation sites (N-methyl/N-ethyl adjacent to an activating group) is 1. The van der Waals surface area contributed by atoms with Gasteiger partial charge in [-0.1, -0.05) is 35.9 Å². The van der Waals surface area contributed by atoms with Crippen LogP contribution in [-0.2, 0) is 14.8 Å². The van der Waals surface area contributed by atoms with E-state index < -0.39 is 10.0 Å². The maximum absolute atomic E-state index is 12.4. The molecule has 6 nitrogen and oxygen atoms in total. The van der Waals surface area contributed by atoms with Gasteiger partial charge in [0.2, 0.25) is 15.9 Å². The van der Waals surface area contributed by atoms with Crippen LogP contribution in [0.3, 0.4) is 0 Å². The zero-order valence-corrected chi connectivity index (χ0v) is 18.0. The lowest BCUT2D eigenvalue weighted by molar-refractivity contribution is -0.119. The van der Waals surface area contributed by atoms with E-state index in [0.29, 0.717) is 18.8 Å². The molecule has 2 aromatic carbocycles. The molecule has 0 saturated carbocycles. The molecule has 0 atom stereocenters. The Hall–Kier alpha value is -2.54. The first-order chi connectivity index (χ1) is 13.1. The molecule has 0 unspecified atom stereocenters. The average molecular weight is 404 g/mol. The van der Waals surface area contributed by atoms with Crippen LogP contribution in [0.5, 0.6) is 0 Å². The molecule has 0 heterocycles. The quantitative estimate of drug-likeness (QED) is 0.736. The normalized spacial score (nSPS) is 11.2. The zero-order chi connectivity index (χ0) is 20.9. The monoisotopic (exact) mass is 403 g/mol. The maximum atomic E-state index is 12.4. The number of rotatable bonds is 8. The molecule has 0 aromatic heterocycles. The van der Waals surface area contributed by atoms with Gasteiger partial charge in [-0.2, -0.15) is 0 Å². The maximum Gasteiger partial charge on any atom is 0.240 e. The van der Waals surface area contributed by atoms with Crippen LogP contribution >= 0.6 is 0 Å². The lowest BCUT2D eigenvalue weighted by Gasteiger charge is -2.26. The number of aryl methyl sites for hydroxylation is 3. The van der Waals surface area contributed by atoms with Crippen molar-refractivity contribution in [3.8, 4) is 0 Å². The van der Waals surface area contributed by atoms with E-state index in [4.69, 9.17) is 0 Å². The average Bonchev–Trinajstić information content (AvgIpc) is 2.60. The first-order valence-corrected chi connectivity index (χ1v) is 11.0. The predicted octanol–water partition coefficient (Wildman–Crippen LogP) is 2.63. The Morgan fingerprint density at radius 1 is 1.04 bits per heavy atom. The van der Waals surface area contributed by atoms with Gasteiger partial charge in [0.15, 0.2) is 0 Å². The van der Waals surface area contributed by atoms with Crippen LogP contribution in [0.2, 0.25) is 0 Å². The summed E-state index contributed by atoms with van der Waals surface area (Å²) in [7, 11) is -1.65. The third kappa shape index (κ3) is 5.73. The highest BCUT2D eigenvalue weighted by Gasteiger charge is 2.24. The van der Waals surface area contributed by atoms with Crippen molar-refractivity contribution < 1.29 is 13.2 Å². The van der Waals surface area contributed by atoms with E-state index in [1.807, 2.05) is 75.2 Å². The number of nitrogens with one attached hydrogen (secondary N) is 1. The van der Waals surface area contributed by atoms with Gasteiger partial charge in [0.05, 0.1) is 11.9 Å². The Bertz CT molecular complexity index is 904. The predicted molar refractivity (Wildman–Crippen MR) is 116 cm³/mol. The fourth-order valence-electron chi connectivity index (χ4n) is 3.29. The summed E-state index contributed by atoms with van der Waals surface area (Å²) in [5.74, 6) is -0.328. The molecular formula is C21H29N3O3S. The summed E-state index contributed by atoms with van der Waals surface area (Å²) in [4.78, 5) is 14.5. The molecule has 1 amide bonds. The van der Waals surface area contributed by atoms with Crippen LogP contribution in [0.15, 0.2) is 42.5 Å². The van der Waals surface area contributed by atoms with Gasteiger partial charge < -0.3 is 10.2 Å². The SMILES string of the molecule is Cc1cc(C)c(N(CC(=O)NCCN(C)c2ccccc2)S(C)(=O)=O)c(C)c1. The minimum absolute atomic E-state index is 0.237. The summed E-state index contributed by atoms with van der Waals surface area (Å²) in [5.41, 5.74) is 4.35. The van der Waals surface area contributed by atoms with Crippen molar-refractivity contribution in [2.75, 3.05) is 42.1 Å². The summed E-state index contributed by atoms with van der Waals surface area (Å²) in [5, 5.41) is 2.82. The van der Waals surface area contributed by atoms with E-state index in [0.717, 1.165) is 28.6 Å². The Balaban J connectivity index is 2.05. The first kappa shape index (κ1) is 21.8. The molecule has 0 saturated heterocycles. The number of carbonyl (C=O) groups excluding carboxylic acids is 1. The third-order valence-corrected chi connectivity index (χ3v) is 5.65. The van der Waals surface area contributed by atoms with Gasteiger partial charge in [-0.25, -0.2) is 8.42 Å². The summed E-state index contributed by atoms with van der Waals surface area (Å²) < 4.78 is 25.9. The van der Waals surface area contributed by atoms with Gasteiger partial charge >= 0.3 is 0 Å². The molecule has 0 bridgehead atoms. The first-order valence-electron chi connectivity index (χ1n) is 9.18. The Kier molecular flexibility index (Phi) is 7.07. The second kappa shape index (κ2) is 9.10. The van der Waals surface area contributed by atoms with E-state index in [1.165, 1.54) is 4.31 Å². The van der Waals surface area contributed by atoms with Gasteiger partial charge in [0.25, 0.3) is 0 Å². The standard InChI is InChI=1S/C21H29N3O3S/c1-16-13-17(2)21(18(3)14-16)24(28(5,26)27)15-20(25)22-11-12-23(4)19-9-7-6-8-10-19/h6-10,13-14H,11-12,15H2,1-5H3,(H,22,25). The second-order valence-corrected chi connectivity index (χ2v) is 9.03. The van der Waals surface area contributed by atoms with E-state index in [-0.39, 0.29) is 12.5 Å². The molecule has 2 aromatic rings. The fourth-order valence-corrected chi connectivity index (χ4v) is 4.26. The molecule has 28 heavy (non-hydrogen) atoms. The van der Waals surface area contributed by atoms with Crippen LogP contribution in [0.1, 0.15) is 16.7 Å². The van der Waals surface area contributed by atoms with Crippen LogP contribution in [0.25, 0.3) is 0 Å². The second-order valence-electron chi connectivity index (χ2n) is 7.12. The number of carbonyl (C=O) groups is 1. The summed E-state index contributed by atoms with van der Waals surface area (Å²) in [6, 6.07) is 13.7. The van der Waals surface area contributed by atoms with Crippen molar-refractivity contribution in [1.29, 1.82) is 0 Å². The van der Waals surface area contributed by atoms with Crippen molar-refractivity contribution >= 4 is 27.3 Å². The van der Waals surface area contributed by atoms with E-state index in [2.05, 4.69) is 5.32 Å². The number of amides is 1. The fraction of sp³-hybridized carbons (Fsp3) is 0.381. The van der Waals surface area contributed by atoms with E-state index in [1.54, 1.807) is 0 Å². The largest absolute Gasteiger partial charge is 0.373 e. The number of sulfonamides is 1. The number of nitrogens with zero attached hydrogens (tertiary/aromatic N) is 2. The van der Waals surface area contributed by atoms with Gasteiger partial charge in [-0.05, 0) is 44.0 Å². The molecule has 0 aliphatic rings. The highest BCUT2D eigenvalue weighted by Crippen LogP contribution is 2.28. The Morgan fingerprint density at radius 2 is 1.61 bits per heavy atom. The molecule has 0 radical (unpaired) electrons. The van der Waals surface area contributed by atoms with Crippen LogP contribution < -0.4 is 14.5 Å². The zero-order valence-electron chi connectivity index (χ0n) is 17.2. The van der Waals surface area contributed by atoms with Crippen LogP contribution in [0.4, 0.5) is 11.4 Å². The van der Waals surface area contributed by atoms with Gasteiger partial charge in [-0.15, -0.1) is 0 Å². The molecular weight excluding hydrogens is 374 g/mol. The molecule has 1 N–H and O–H groups in total. The minimum Gasteiger partial charge on any atom is -0.373 e. The van der Waals surface area contributed by atoms with Crippen molar-refractivity contribution in [2.45, 2.75) is 20.8 Å². The number of hydrogen-bond acceptors (Lipinski definition) is 4. The van der Waals surface area contributed by atoms with Crippen molar-refractivity contribution in [1.82, 2.24) is 5.32 Å². The molecule has 7 heteroatoms. The minimum atomic E-state index is -3.59. The lowest BCUT2D eigenvalue weighted by atomic mass is 10.1. The molecule has 0 spiro atoms. The van der Waals surface area contributed by atoms with Crippen molar-refractivity contribution in [3.63, 3.8) is 0 Å². The lowest BCUT2D eigenvalue weighted by Crippen LogP contribution is -2.42. The van der Waals surface area contributed by atoms with Gasteiger partial charge in [0, 0.05) is 25.8 Å². The van der Waals surface area contributed by atoms with Gasteiger partial charge in [-0.3, -0.25) is 9.10 Å². The van der Waals surface area contributed by atoms with E-state index in [9.17, 15) is 13.2 Å². The summed E-state index contributed by atoms with van der Waals surface area (Å²) in [6.07, 6.45) is 1.13. The third-order valence-electron chi connectivity index (χ3n) is 4.54. The molecule has 152 valence electrons. The van der Waals surface area contributed by atoms with E-state index >= 15 is 0 Å². The molecule has 2 rings (SSSR count). The van der Waals surface area contributed by atoms with Crippen molar-refractivity contribution in [3.05, 3.63) is 59.2 Å². The summed E-state index contributed by atoms with van der Waals surface area (Å²) >= 11 is 0. The number of hydrogen-bond donors (Lipinski definition) is 1. The Morgan fingerprint density at radius 3 is 2.14 bits per heavy atom. The molecule has 0 fully saturated rings.